The first-order valence-electron chi connectivity index (χ1n) is 10.2. The summed E-state index contributed by atoms with van der Waals surface area (Å²) in [4.78, 5) is 28.0. The van der Waals surface area contributed by atoms with Gasteiger partial charge in [0.25, 0.3) is 0 Å². The first kappa shape index (κ1) is 19.4. The molecule has 2 aliphatic rings. The lowest BCUT2D eigenvalue weighted by atomic mass is 9.79. The quantitative estimate of drug-likeness (QED) is 0.530. The molecule has 0 N–H and O–H groups in total. The van der Waals surface area contributed by atoms with E-state index in [1.165, 1.54) is 11.3 Å². The SMILES string of the molecule is CCN1c2cc(OC)c(C=C3C(=O)c4ccccc4C3=O)cc2C(C)CC1(C)C. The van der Waals surface area contributed by atoms with Crippen molar-refractivity contribution in [2.24, 2.45) is 0 Å². The van der Waals surface area contributed by atoms with Crippen molar-refractivity contribution in [1.29, 1.82) is 0 Å². The van der Waals surface area contributed by atoms with E-state index in [1.54, 1.807) is 37.5 Å². The summed E-state index contributed by atoms with van der Waals surface area (Å²) in [7, 11) is 1.63. The van der Waals surface area contributed by atoms with Gasteiger partial charge >= 0.3 is 0 Å². The Morgan fingerprint density at radius 1 is 1.14 bits per heavy atom. The van der Waals surface area contributed by atoms with Crippen molar-refractivity contribution in [3.8, 4) is 5.75 Å². The highest BCUT2D eigenvalue weighted by Crippen LogP contribution is 2.46. The van der Waals surface area contributed by atoms with Crippen LogP contribution in [0.15, 0.2) is 42.0 Å². The number of Topliss-reactive ketones (excluding diaryl/α,β-unsaturated/α-hetero) is 2. The molecule has 2 aromatic carbocycles. The van der Waals surface area contributed by atoms with Gasteiger partial charge in [-0.3, -0.25) is 9.59 Å². The van der Waals surface area contributed by atoms with Gasteiger partial charge in [-0.2, -0.15) is 0 Å². The van der Waals surface area contributed by atoms with Crippen LogP contribution in [0.1, 0.15) is 71.9 Å². The Labute approximate surface area is 172 Å². The summed E-state index contributed by atoms with van der Waals surface area (Å²) in [6.45, 7) is 9.84. The zero-order chi connectivity index (χ0) is 20.9. The number of rotatable bonds is 3. The maximum absolute atomic E-state index is 12.8. The first-order valence-corrected chi connectivity index (χ1v) is 10.2. The van der Waals surface area contributed by atoms with E-state index in [9.17, 15) is 9.59 Å². The van der Waals surface area contributed by atoms with E-state index in [4.69, 9.17) is 4.74 Å². The average molecular weight is 389 g/mol. The minimum atomic E-state index is -0.213. The molecular formula is C25H27NO3. The second-order valence-corrected chi connectivity index (χ2v) is 8.58. The van der Waals surface area contributed by atoms with Crippen LogP contribution in [0.3, 0.4) is 0 Å². The average Bonchev–Trinajstić information content (AvgIpc) is 2.93. The van der Waals surface area contributed by atoms with E-state index in [0.717, 1.165) is 18.5 Å². The molecule has 0 saturated carbocycles. The van der Waals surface area contributed by atoms with E-state index < -0.39 is 0 Å². The van der Waals surface area contributed by atoms with Crippen LogP contribution in [0.2, 0.25) is 0 Å². The van der Waals surface area contributed by atoms with Gasteiger partial charge in [0.05, 0.1) is 12.7 Å². The molecule has 0 saturated heterocycles. The zero-order valence-corrected chi connectivity index (χ0v) is 17.7. The molecule has 4 nitrogen and oxygen atoms in total. The number of hydrogen-bond acceptors (Lipinski definition) is 4. The van der Waals surface area contributed by atoms with Crippen molar-refractivity contribution in [2.45, 2.75) is 45.6 Å². The summed E-state index contributed by atoms with van der Waals surface area (Å²) in [5.41, 5.74) is 4.40. The summed E-state index contributed by atoms with van der Waals surface area (Å²) in [6, 6.07) is 11.1. The van der Waals surface area contributed by atoms with Gasteiger partial charge in [0, 0.05) is 40.5 Å². The fraction of sp³-hybridized carbons (Fsp3) is 0.360. The van der Waals surface area contributed by atoms with Crippen LogP contribution in [0.4, 0.5) is 5.69 Å². The standard InChI is InChI=1S/C25H27NO3/c1-6-26-21-13-22(29-5)16(11-19(21)15(2)14-25(26,3)4)12-20-23(27)17-9-7-8-10-18(17)24(20)28/h7-13,15H,6,14H2,1-5H3. The molecule has 0 radical (unpaired) electrons. The van der Waals surface area contributed by atoms with Crippen molar-refractivity contribution >= 4 is 23.3 Å². The number of anilines is 1. The van der Waals surface area contributed by atoms with Crippen LogP contribution < -0.4 is 9.64 Å². The summed E-state index contributed by atoms with van der Waals surface area (Å²) in [5, 5.41) is 0. The molecule has 29 heavy (non-hydrogen) atoms. The maximum atomic E-state index is 12.8. The van der Waals surface area contributed by atoms with Crippen molar-refractivity contribution in [3.63, 3.8) is 0 Å². The molecule has 150 valence electrons. The lowest BCUT2D eigenvalue weighted by Crippen LogP contribution is -2.48. The van der Waals surface area contributed by atoms with Crippen molar-refractivity contribution in [2.75, 3.05) is 18.6 Å². The molecule has 1 unspecified atom stereocenters. The molecule has 0 fully saturated rings. The zero-order valence-electron chi connectivity index (χ0n) is 17.7. The molecule has 0 bridgehead atoms. The molecule has 2 aromatic rings. The third-order valence-electron chi connectivity index (χ3n) is 6.26. The molecule has 1 atom stereocenters. The number of fused-ring (bicyclic) bond motifs is 2. The fourth-order valence-electron chi connectivity index (χ4n) is 4.97. The molecule has 1 aliphatic carbocycles. The van der Waals surface area contributed by atoms with Gasteiger partial charge in [-0.15, -0.1) is 0 Å². The van der Waals surface area contributed by atoms with Crippen molar-refractivity contribution in [1.82, 2.24) is 0 Å². The van der Waals surface area contributed by atoms with E-state index in [1.807, 2.05) is 0 Å². The smallest absolute Gasteiger partial charge is 0.197 e. The highest BCUT2D eigenvalue weighted by molar-refractivity contribution is 6.41. The minimum Gasteiger partial charge on any atom is -0.496 e. The monoisotopic (exact) mass is 389 g/mol. The number of benzene rings is 2. The molecule has 1 aliphatic heterocycles. The summed E-state index contributed by atoms with van der Waals surface area (Å²) >= 11 is 0. The Morgan fingerprint density at radius 2 is 1.76 bits per heavy atom. The predicted molar refractivity (Wildman–Crippen MR) is 116 cm³/mol. The second-order valence-electron chi connectivity index (χ2n) is 8.58. The topological polar surface area (TPSA) is 46.6 Å². The molecule has 1 heterocycles. The highest BCUT2D eigenvalue weighted by atomic mass is 16.5. The van der Waals surface area contributed by atoms with Gasteiger partial charge in [-0.25, -0.2) is 0 Å². The third-order valence-corrected chi connectivity index (χ3v) is 6.26. The Morgan fingerprint density at radius 3 is 2.31 bits per heavy atom. The summed E-state index contributed by atoms with van der Waals surface area (Å²) in [5.74, 6) is 0.624. The largest absolute Gasteiger partial charge is 0.496 e. The van der Waals surface area contributed by atoms with Gasteiger partial charge in [-0.05, 0) is 50.8 Å². The molecule has 4 rings (SSSR count). The second kappa shape index (κ2) is 6.87. The van der Waals surface area contributed by atoms with Crippen LogP contribution >= 0.6 is 0 Å². The first-order chi connectivity index (χ1) is 13.8. The third kappa shape index (κ3) is 2.98. The Bertz CT molecular complexity index is 1010. The van der Waals surface area contributed by atoms with Gasteiger partial charge < -0.3 is 9.64 Å². The number of ketones is 2. The number of hydrogen-bond donors (Lipinski definition) is 0. The number of carbonyl (C=O) groups excluding carboxylic acids is 2. The molecule has 0 aromatic heterocycles. The van der Waals surface area contributed by atoms with Crippen LogP contribution in [-0.2, 0) is 0 Å². The molecular weight excluding hydrogens is 362 g/mol. The van der Waals surface area contributed by atoms with E-state index in [2.05, 4.69) is 44.7 Å². The van der Waals surface area contributed by atoms with E-state index >= 15 is 0 Å². The molecule has 0 amide bonds. The van der Waals surface area contributed by atoms with Gasteiger partial charge in [0.1, 0.15) is 5.75 Å². The summed E-state index contributed by atoms with van der Waals surface area (Å²) < 4.78 is 5.67. The highest BCUT2D eigenvalue weighted by Gasteiger charge is 2.37. The Kier molecular flexibility index (Phi) is 4.60. The van der Waals surface area contributed by atoms with E-state index in [0.29, 0.717) is 22.8 Å². The van der Waals surface area contributed by atoms with Crippen LogP contribution in [0, 0.1) is 0 Å². The normalized spacial score (nSPS) is 19.8. The fourth-order valence-corrected chi connectivity index (χ4v) is 4.97. The van der Waals surface area contributed by atoms with Crippen LogP contribution in [0.5, 0.6) is 5.75 Å². The van der Waals surface area contributed by atoms with Crippen molar-refractivity contribution in [3.05, 3.63) is 64.2 Å². The number of carbonyl (C=O) groups is 2. The molecule has 0 spiro atoms. The van der Waals surface area contributed by atoms with Crippen LogP contribution in [-0.4, -0.2) is 30.8 Å². The lowest BCUT2D eigenvalue weighted by molar-refractivity contribution is 0.0990. The lowest BCUT2D eigenvalue weighted by Gasteiger charge is -2.47. The van der Waals surface area contributed by atoms with Crippen molar-refractivity contribution < 1.29 is 14.3 Å². The number of ether oxygens (including phenoxy) is 1. The molecule has 4 heteroatoms. The maximum Gasteiger partial charge on any atom is 0.197 e. The van der Waals surface area contributed by atoms with Gasteiger partial charge in [0.15, 0.2) is 11.6 Å². The summed E-state index contributed by atoms with van der Waals surface area (Å²) in [6.07, 6.45) is 2.74. The van der Waals surface area contributed by atoms with Gasteiger partial charge in [0.2, 0.25) is 0 Å². The van der Waals surface area contributed by atoms with E-state index in [-0.39, 0.29) is 22.7 Å². The number of methoxy groups -OCH3 is 1. The minimum absolute atomic E-state index is 0.0607. The van der Waals surface area contributed by atoms with Crippen LogP contribution in [0.25, 0.3) is 6.08 Å². The Hall–Kier alpha value is -2.88. The number of allylic oxidation sites excluding steroid dienone is 1. The number of nitrogens with zero attached hydrogens (tertiary/aromatic N) is 1. The van der Waals surface area contributed by atoms with Gasteiger partial charge in [-0.1, -0.05) is 31.2 Å². The predicted octanol–water partition coefficient (Wildman–Crippen LogP) is 5.27. The Balaban J connectivity index is 1.85.